The van der Waals surface area contributed by atoms with Crippen molar-refractivity contribution in [3.8, 4) is 28.2 Å². The molecule has 0 fully saturated rings. The van der Waals surface area contributed by atoms with Gasteiger partial charge in [-0.2, -0.15) is 0 Å². The molecule has 0 radical (unpaired) electrons. The normalized spacial score (nSPS) is 10.8. The van der Waals surface area contributed by atoms with Crippen LogP contribution in [0.5, 0.6) is 0 Å². The molecule has 0 atom stereocenters. The van der Waals surface area contributed by atoms with Crippen LogP contribution < -0.4 is 0 Å². The highest BCUT2D eigenvalue weighted by molar-refractivity contribution is 7.09. The monoisotopic (exact) mass is 318 g/mol. The maximum Gasteiger partial charge on any atom is 0.0944 e. The summed E-state index contributed by atoms with van der Waals surface area (Å²) in [5, 5.41) is 11.4. The zero-order valence-electron chi connectivity index (χ0n) is 12.5. The van der Waals surface area contributed by atoms with E-state index in [4.69, 9.17) is 0 Å². The van der Waals surface area contributed by atoms with E-state index in [2.05, 4.69) is 44.9 Å². The molecule has 0 saturated carbocycles. The van der Waals surface area contributed by atoms with Gasteiger partial charge < -0.3 is 0 Å². The van der Waals surface area contributed by atoms with Gasteiger partial charge in [0.05, 0.1) is 28.3 Å². The summed E-state index contributed by atoms with van der Waals surface area (Å²) in [5.74, 6) is 0. The SMILES string of the molecule is Cc1nc(-c2ccc(-n3nncc3-c3ccccc3)cc2)cs1. The molecule has 0 aliphatic rings. The smallest absolute Gasteiger partial charge is 0.0944 e. The van der Waals surface area contributed by atoms with Gasteiger partial charge in [0.1, 0.15) is 0 Å². The highest BCUT2D eigenvalue weighted by Gasteiger charge is 2.09. The molecule has 0 aliphatic heterocycles. The van der Waals surface area contributed by atoms with Crippen molar-refractivity contribution in [2.45, 2.75) is 6.92 Å². The third-order valence-corrected chi connectivity index (χ3v) is 4.42. The minimum absolute atomic E-state index is 0.975. The summed E-state index contributed by atoms with van der Waals surface area (Å²) in [6.45, 7) is 2.02. The fourth-order valence-electron chi connectivity index (χ4n) is 2.50. The summed E-state index contributed by atoms with van der Waals surface area (Å²) in [7, 11) is 0. The fraction of sp³-hybridized carbons (Fsp3) is 0.0556. The lowest BCUT2D eigenvalue weighted by Crippen LogP contribution is -1.99. The summed E-state index contributed by atoms with van der Waals surface area (Å²) in [5.41, 5.74) is 5.18. The van der Waals surface area contributed by atoms with Gasteiger partial charge in [0, 0.05) is 16.5 Å². The second-order valence-corrected chi connectivity index (χ2v) is 6.26. The van der Waals surface area contributed by atoms with E-state index in [1.165, 1.54) is 0 Å². The Morgan fingerprint density at radius 2 is 1.70 bits per heavy atom. The third kappa shape index (κ3) is 2.66. The Balaban J connectivity index is 1.71. The first-order chi connectivity index (χ1) is 11.3. The van der Waals surface area contributed by atoms with Gasteiger partial charge in [-0.3, -0.25) is 0 Å². The zero-order chi connectivity index (χ0) is 15.6. The lowest BCUT2D eigenvalue weighted by Gasteiger charge is -2.07. The molecule has 4 nitrogen and oxygen atoms in total. The summed E-state index contributed by atoms with van der Waals surface area (Å²) in [6.07, 6.45) is 1.78. The largest absolute Gasteiger partial charge is 0.242 e. The summed E-state index contributed by atoms with van der Waals surface area (Å²) in [4.78, 5) is 4.52. The Kier molecular flexibility index (Phi) is 3.48. The minimum atomic E-state index is 0.975. The van der Waals surface area contributed by atoms with Crippen LogP contribution in [0.4, 0.5) is 0 Å². The predicted molar refractivity (Wildman–Crippen MR) is 92.6 cm³/mol. The van der Waals surface area contributed by atoms with E-state index in [0.29, 0.717) is 0 Å². The average Bonchev–Trinajstić information content (AvgIpc) is 3.25. The van der Waals surface area contributed by atoms with E-state index in [9.17, 15) is 0 Å². The van der Waals surface area contributed by atoms with Crippen LogP contribution in [0.1, 0.15) is 5.01 Å². The van der Waals surface area contributed by atoms with Crippen LogP contribution in [0.25, 0.3) is 28.2 Å². The molecule has 0 saturated heterocycles. The number of hydrogen-bond acceptors (Lipinski definition) is 4. The van der Waals surface area contributed by atoms with Gasteiger partial charge in [0.2, 0.25) is 0 Å². The van der Waals surface area contributed by atoms with Gasteiger partial charge in [-0.05, 0) is 19.1 Å². The van der Waals surface area contributed by atoms with Crippen LogP contribution in [0, 0.1) is 6.92 Å². The van der Waals surface area contributed by atoms with E-state index in [-0.39, 0.29) is 0 Å². The van der Waals surface area contributed by atoms with Crippen molar-refractivity contribution in [2.24, 2.45) is 0 Å². The molecule has 5 heteroatoms. The molecule has 112 valence electrons. The number of nitrogens with zero attached hydrogens (tertiary/aromatic N) is 4. The molecule has 4 aromatic rings. The maximum absolute atomic E-state index is 4.52. The highest BCUT2D eigenvalue weighted by Crippen LogP contribution is 2.25. The van der Waals surface area contributed by atoms with E-state index in [1.54, 1.807) is 17.5 Å². The number of rotatable bonds is 3. The third-order valence-electron chi connectivity index (χ3n) is 3.65. The summed E-state index contributed by atoms with van der Waals surface area (Å²) < 4.78 is 1.85. The fourth-order valence-corrected chi connectivity index (χ4v) is 3.12. The second kappa shape index (κ2) is 5.78. The van der Waals surface area contributed by atoms with Crippen molar-refractivity contribution in [3.63, 3.8) is 0 Å². The van der Waals surface area contributed by atoms with Crippen molar-refractivity contribution >= 4 is 11.3 Å². The molecule has 2 heterocycles. The molecule has 0 unspecified atom stereocenters. The van der Waals surface area contributed by atoms with Crippen molar-refractivity contribution in [2.75, 3.05) is 0 Å². The minimum Gasteiger partial charge on any atom is -0.242 e. The molecule has 4 rings (SSSR count). The molecule has 0 amide bonds. The molecule has 2 aromatic heterocycles. The Hall–Kier alpha value is -2.79. The number of hydrogen-bond donors (Lipinski definition) is 0. The van der Waals surface area contributed by atoms with Crippen molar-refractivity contribution < 1.29 is 0 Å². The van der Waals surface area contributed by atoms with Crippen molar-refractivity contribution in [1.82, 2.24) is 20.0 Å². The first-order valence-corrected chi connectivity index (χ1v) is 8.18. The molecule has 23 heavy (non-hydrogen) atoms. The number of thiazole rings is 1. The van der Waals surface area contributed by atoms with Gasteiger partial charge in [-0.15, -0.1) is 16.4 Å². The first-order valence-electron chi connectivity index (χ1n) is 7.30. The van der Waals surface area contributed by atoms with Gasteiger partial charge in [0.25, 0.3) is 0 Å². The Morgan fingerprint density at radius 1 is 0.913 bits per heavy atom. The Bertz CT molecular complexity index is 923. The number of aromatic nitrogens is 4. The van der Waals surface area contributed by atoms with Gasteiger partial charge in [0.15, 0.2) is 0 Å². The second-order valence-electron chi connectivity index (χ2n) is 5.20. The van der Waals surface area contributed by atoms with E-state index < -0.39 is 0 Å². The van der Waals surface area contributed by atoms with Gasteiger partial charge in [-0.25, -0.2) is 9.67 Å². The average molecular weight is 318 g/mol. The van der Waals surface area contributed by atoms with Crippen LogP contribution in [0.15, 0.2) is 66.2 Å². The lowest BCUT2D eigenvalue weighted by molar-refractivity contribution is 0.808. The number of aryl methyl sites for hydroxylation is 1. The van der Waals surface area contributed by atoms with Crippen LogP contribution in [-0.4, -0.2) is 20.0 Å². The topological polar surface area (TPSA) is 43.6 Å². The molecule has 0 bridgehead atoms. The van der Waals surface area contributed by atoms with Crippen LogP contribution in [0.3, 0.4) is 0 Å². The molecule has 0 N–H and O–H groups in total. The van der Waals surface area contributed by atoms with Gasteiger partial charge in [-0.1, -0.05) is 47.7 Å². The zero-order valence-corrected chi connectivity index (χ0v) is 13.4. The molecular weight excluding hydrogens is 304 g/mol. The first kappa shape index (κ1) is 13.8. The quantitative estimate of drug-likeness (QED) is 0.563. The van der Waals surface area contributed by atoms with Crippen LogP contribution in [0.2, 0.25) is 0 Å². The van der Waals surface area contributed by atoms with Gasteiger partial charge >= 0.3 is 0 Å². The van der Waals surface area contributed by atoms with E-state index in [1.807, 2.05) is 41.9 Å². The van der Waals surface area contributed by atoms with Crippen LogP contribution in [-0.2, 0) is 0 Å². The predicted octanol–water partition coefficient (Wildman–Crippen LogP) is 4.37. The molecule has 0 aliphatic carbocycles. The Morgan fingerprint density at radius 3 is 2.39 bits per heavy atom. The van der Waals surface area contributed by atoms with E-state index >= 15 is 0 Å². The summed E-state index contributed by atoms with van der Waals surface area (Å²) >= 11 is 1.66. The summed E-state index contributed by atoms with van der Waals surface area (Å²) in [6, 6.07) is 18.4. The van der Waals surface area contributed by atoms with E-state index in [0.717, 1.165) is 33.2 Å². The number of benzene rings is 2. The maximum atomic E-state index is 4.52. The van der Waals surface area contributed by atoms with Crippen molar-refractivity contribution in [3.05, 3.63) is 71.2 Å². The molecule has 2 aromatic carbocycles. The standard InChI is InChI=1S/C18H14N4S/c1-13-20-17(12-23-13)14-7-9-16(10-8-14)22-18(11-19-21-22)15-5-3-2-4-6-15/h2-12H,1H3. The molecule has 0 spiro atoms. The Labute approximate surface area is 138 Å². The molecular formula is C18H14N4S. The highest BCUT2D eigenvalue weighted by atomic mass is 32.1. The van der Waals surface area contributed by atoms with Crippen molar-refractivity contribution in [1.29, 1.82) is 0 Å². The van der Waals surface area contributed by atoms with Crippen LogP contribution >= 0.6 is 11.3 Å². The lowest BCUT2D eigenvalue weighted by atomic mass is 10.1.